The van der Waals surface area contributed by atoms with E-state index in [9.17, 15) is 4.79 Å². The lowest BCUT2D eigenvalue weighted by molar-refractivity contribution is 0.126. The molecule has 2 saturated heterocycles. The molecule has 2 unspecified atom stereocenters. The highest BCUT2D eigenvalue weighted by molar-refractivity contribution is 5.75. The molecular weight excluding hydrogens is 180 g/mol. The quantitative estimate of drug-likeness (QED) is 0.714. The van der Waals surface area contributed by atoms with E-state index in [0.29, 0.717) is 12.0 Å². The summed E-state index contributed by atoms with van der Waals surface area (Å²) in [5, 5.41) is 2.88. The van der Waals surface area contributed by atoms with Gasteiger partial charge in [0.1, 0.15) is 0 Å². The van der Waals surface area contributed by atoms with Crippen molar-refractivity contribution in [2.24, 2.45) is 5.92 Å². The SMILES string of the molecule is CC(C1CCOC1)N1CCCNC1=O. The molecule has 0 bridgehead atoms. The van der Waals surface area contributed by atoms with Gasteiger partial charge in [0.2, 0.25) is 0 Å². The maximum Gasteiger partial charge on any atom is 0.317 e. The van der Waals surface area contributed by atoms with Crippen molar-refractivity contribution < 1.29 is 9.53 Å². The van der Waals surface area contributed by atoms with Crippen LogP contribution < -0.4 is 5.32 Å². The second kappa shape index (κ2) is 4.17. The molecule has 0 aromatic carbocycles. The average molecular weight is 198 g/mol. The van der Waals surface area contributed by atoms with Gasteiger partial charge in [-0.2, -0.15) is 0 Å². The Morgan fingerprint density at radius 1 is 1.64 bits per heavy atom. The van der Waals surface area contributed by atoms with Crippen LogP contribution in [-0.4, -0.2) is 43.3 Å². The average Bonchev–Trinajstić information content (AvgIpc) is 2.70. The fourth-order valence-corrected chi connectivity index (χ4v) is 2.22. The fourth-order valence-electron chi connectivity index (χ4n) is 2.22. The van der Waals surface area contributed by atoms with Gasteiger partial charge in [0.15, 0.2) is 0 Å². The number of urea groups is 1. The molecule has 0 saturated carbocycles. The molecule has 2 atom stereocenters. The minimum absolute atomic E-state index is 0.0932. The second-order valence-electron chi connectivity index (χ2n) is 4.14. The molecule has 1 N–H and O–H groups in total. The molecule has 4 nitrogen and oxygen atoms in total. The molecule has 2 aliphatic heterocycles. The first-order valence-electron chi connectivity index (χ1n) is 5.41. The lowest BCUT2D eigenvalue weighted by atomic mass is 9.99. The third-order valence-corrected chi connectivity index (χ3v) is 3.25. The molecule has 0 radical (unpaired) electrons. The van der Waals surface area contributed by atoms with Gasteiger partial charge in [-0.3, -0.25) is 0 Å². The van der Waals surface area contributed by atoms with Crippen molar-refractivity contribution in [3.05, 3.63) is 0 Å². The number of nitrogens with zero attached hydrogens (tertiary/aromatic N) is 1. The highest BCUT2D eigenvalue weighted by atomic mass is 16.5. The largest absolute Gasteiger partial charge is 0.381 e. The summed E-state index contributed by atoms with van der Waals surface area (Å²) in [4.78, 5) is 13.5. The van der Waals surface area contributed by atoms with Crippen LogP contribution in [0.3, 0.4) is 0 Å². The van der Waals surface area contributed by atoms with Crippen LogP contribution in [0.4, 0.5) is 4.79 Å². The van der Waals surface area contributed by atoms with Gasteiger partial charge in [-0.1, -0.05) is 0 Å². The molecule has 14 heavy (non-hydrogen) atoms. The van der Waals surface area contributed by atoms with E-state index < -0.39 is 0 Å². The van der Waals surface area contributed by atoms with Gasteiger partial charge in [-0.15, -0.1) is 0 Å². The molecule has 2 heterocycles. The number of hydrogen-bond donors (Lipinski definition) is 1. The van der Waals surface area contributed by atoms with E-state index in [2.05, 4.69) is 12.2 Å². The van der Waals surface area contributed by atoms with Crippen molar-refractivity contribution in [2.75, 3.05) is 26.3 Å². The van der Waals surface area contributed by atoms with Gasteiger partial charge in [-0.05, 0) is 19.8 Å². The zero-order valence-corrected chi connectivity index (χ0v) is 8.66. The van der Waals surface area contributed by atoms with E-state index in [1.165, 1.54) is 0 Å². The van der Waals surface area contributed by atoms with Crippen molar-refractivity contribution in [2.45, 2.75) is 25.8 Å². The summed E-state index contributed by atoms with van der Waals surface area (Å²) < 4.78 is 5.35. The van der Waals surface area contributed by atoms with Crippen LogP contribution in [0.5, 0.6) is 0 Å². The van der Waals surface area contributed by atoms with Crippen molar-refractivity contribution >= 4 is 6.03 Å². The van der Waals surface area contributed by atoms with Gasteiger partial charge >= 0.3 is 6.03 Å². The third-order valence-electron chi connectivity index (χ3n) is 3.25. The lowest BCUT2D eigenvalue weighted by Crippen LogP contribution is -2.52. The molecule has 0 aromatic heterocycles. The first-order valence-corrected chi connectivity index (χ1v) is 5.41. The first-order chi connectivity index (χ1) is 6.79. The Hall–Kier alpha value is -0.770. The summed E-state index contributed by atoms with van der Waals surface area (Å²) in [7, 11) is 0. The second-order valence-corrected chi connectivity index (χ2v) is 4.14. The Balaban J connectivity index is 1.94. The normalized spacial score (nSPS) is 30.2. The standard InChI is InChI=1S/C10H18N2O2/c1-8(9-3-6-14-7-9)12-5-2-4-11-10(12)13/h8-9H,2-7H2,1H3,(H,11,13). The smallest absolute Gasteiger partial charge is 0.317 e. The molecular formula is C10H18N2O2. The number of hydrogen-bond acceptors (Lipinski definition) is 2. The van der Waals surface area contributed by atoms with E-state index in [1.54, 1.807) is 0 Å². The van der Waals surface area contributed by atoms with E-state index in [-0.39, 0.29) is 6.03 Å². The molecule has 2 rings (SSSR count). The predicted molar refractivity (Wildman–Crippen MR) is 53.1 cm³/mol. The van der Waals surface area contributed by atoms with Gasteiger partial charge in [-0.25, -0.2) is 4.79 Å². The third kappa shape index (κ3) is 1.85. The summed E-state index contributed by atoms with van der Waals surface area (Å²) in [6.45, 7) is 5.51. The summed E-state index contributed by atoms with van der Waals surface area (Å²) in [5.41, 5.74) is 0. The molecule has 2 amide bonds. The van der Waals surface area contributed by atoms with E-state index in [4.69, 9.17) is 4.74 Å². The molecule has 4 heteroatoms. The Morgan fingerprint density at radius 2 is 2.50 bits per heavy atom. The lowest BCUT2D eigenvalue weighted by Gasteiger charge is -2.35. The van der Waals surface area contributed by atoms with Crippen LogP contribution in [0.2, 0.25) is 0 Å². The zero-order valence-electron chi connectivity index (χ0n) is 8.66. The number of amides is 2. The Bertz CT molecular complexity index is 214. The van der Waals surface area contributed by atoms with E-state index in [0.717, 1.165) is 39.1 Å². The van der Waals surface area contributed by atoms with E-state index >= 15 is 0 Å². The zero-order chi connectivity index (χ0) is 9.97. The highest BCUT2D eigenvalue weighted by Gasteiger charge is 2.30. The molecule has 2 fully saturated rings. The van der Waals surface area contributed by atoms with Crippen molar-refractivity contribution in [3.63, 3.8) is 0 Å². The number of carbonyl (C=O) groups is 1. The Morgan fingerprint density at radius 3 is 3.14 bits per heavy atom. The van der Waals surface area contributed by atoms with Crippen molar-refractivity contribution in [1.82, 2.24) is 10.2 Å². The van der Waals surface area contributed by atoms with Crippen molar-refractivity contribution in [3.8, 4) is 0 Å². The maximum absolute atomic E-state index is 11.6. The summed E-state index contributed by atoms with van der Waals surface area (Å²) in [6.07, 6.45) is 2.15. The number of carbonyl (C=O) groups excluding carboxylic acids is 1. The molecule has 2 aliphatic rings. The van der Waals surface area contributed by atoms with Crippen LogP contribution in [0.15, 0.2) is 0 Å². The number of nitrogens with one attached hydrogen (secondary N) is 1. The minimum Gasteiger partial charge on any atom is -0.381 e. The van der Waals surface area contributed by atoms with Gasteiger partial charge in [0, 0.05) is 31.7 Å². The molecule has 0 aromatic rings. The van der Waals surface area contributed by atoms with Crippen molar-refractivity contribution in [1.29, 1.82) is 0 Å². The van der Waals surface area contributed by atoms with Gasteiger partial charge in [0.05, 0.1) is 6.61 Å². The highest BCUT2D eigenvalue weighted by Crippen LogP contribution is 2.21. The summed E-state index contributed by atoms with van der Waals surface area (Å²) >= 11 is 0. The Kier molecular flexibility index (Phi) is 2.91. The fraction of sp³-hybridized carbons (Fsp3) is 0.900. The topological polar surface area (TPSA) is 41.6 Å². The summed E-state index contributed by atoms with van der Waals surface area (Å²) in [6, 6.07) is 0.411. The minimum atomic E-state index is 0.0932. The van der Waals surface area contributed by atoms with Crippen LogP contribution in [0.1, 0.15) is 19.8 Å². The monoisotopic (exact) mass is 198 g/mol. The van der Waals surface area contributed by atoms with Gasteiger partial charge < -0.3 is 15.0 Å². The predicted octanol–water partition coefficient (Wildman–Crippen LogP) is 0.827. The Labute approximate surface area is 84.6 Å². The number of ether oxygens (including phenoxy) is 1. The number of rotatable bonds is 2. The maximum atomic E-state index is 11.6. The van der Waals surface area contributed by atoms with Crippen LogP contribution in [-0.2, 0) is 4.74 Å². The van der Waals surface area contributed by atoms with E-state index in [1.807, 2.05) is 4.90 Å². The molecule has 0 spiro atoms. The van der Waals surface area contributed by atoms with Crippen LogP contribution >= 0.6 is 0 Å². The van der Waals surface area contributed by atoms with Crippen LogP contribution in [0, 0.1) is 5.92 Å². The summed E-state index contributed by atoms with van der Waals surface area (Å²) in [5.74, 6) is 0.527. The van der Waals surface area contributed by atoms with Gasteiger partial charge in [0.25, 0.3) is 0 Å². The molecule has 80 valence electrons. The molecule has 0 aliphatic carbocycles. The first kappa shape index (κ1) is 9.77. The van der Waals surface area contributed by atoms with Crippen LogP contribution in [0.25, 0.3) is 0 Å².